The number of hydrogen-bond acceptors (Lipinski definition) is 4. The van der Waals surface area contributed by atoms with Crippen LogP contribution in [0.2, 0.25) is 0 Å². The van der Waals surface area contributed by atoms with Gasteiger partial charge in [0.2, 0.25) is 5.91 Å². The Morgan fingerprint density at radius 1 is 1.17 bits per heavy atom. The number of pyridine rings is 1. The van der Waals surface area contributed by atoms with Gasteiger partial charge >= 0.3 is 0 Å². The van der Waals surface area contributed by atoms with Gasteiger partial charge in [-0.05, 0) is 31.4 Å². The maximum atomic E-state index is 12.6. The SMILES string of the molecule is Cc1nn(C)c2[nH]c(=O)c(CCC(=O)Nc3ccnn3Cc3ccccc3)c(C)c12. The minimum absolute atomic E-state index is 0.161. The van der Waals surface area contributed by atoms with Crippen LogP contribution in [0.1, 0.15) is 28.8 Å². The van der Waals surface area contributed by atoms with Crippen LogP contribution in [0.4, 0.5) is 5.82 Å². The number of carbonyl (C=O) groups is 1. The fourth-order valence-electron chi connectivity index (χ4n) is 3.82. The first-order chi connectivity index (χ1) is 14.4. The molecule has 0 fully saturated rings. The number of aromatic amines is 1. The molecule has 30 heavy (non-hydrogen) atoms. The maximum absolute atomic E-state index is 12.6. The third kappa shape index (κ3) is 3.76. The summed E-state index contributed by atoms with van der Waals surface area (Å²) in [7, 11) is 1.80. The number of aromatic nitrogens is 5. The van der Waals surface area contributed by atoms with Gasteiger partial charge in [-0.25, -0.2) is 4.68 Å². The van der Waals surface area contributed by atoms with E-state index in [0.29, 0.717) is 30.0 Å². The van der Waals surface area contributed by atoms with Crippen molar-refractivity contribution < 1.29 is 4.79 Å². The molecule has 3 aromatic heterocycles. The Hall–Kier alpha value is -3.68. The van der Waals surface area contributed by atoms with Crippen molar-refractivity contribution in [3.8, 4) is 0 Å². The summed E-state index contributed by atoms with van der Waals surface area (Å²) in [6.45, 7) is 4.39. The molecule has 1 aromatic carbocycles. The predicted octanol–water partition coefficient (Wildman–Crippen LogP) is 2.69. The van der Waals surface area contributed by atoms with Crippen molar-refractivity contribution in [2.75, 3.05) is 5.32 Å². The third-order valence-corrected chi connectivity index (χ3v) is 5.32. The van der Waals surface area contributed by atoms with Crippen molar-refractivity contribution in [2.24, 2.45) is 7.05 Å². The van der Waals surface area contributed by atoms with E-state index in [0.717, 1.165) is 22.2 Å². The van der Waals surface area contributed by atoms with Crippen molar-refractivity contribution in [3.05, 3.63) is 75.3 Å². The predicted molar refractivity (Wildman–Crippen MR) is 116 cm³/mol. The number of benzene rings is 1. The van der Waals surface area contributed by atoms with Gasteiger partial charge in [0.25, 0.3) is 5.56 Å². The molecule has 154 valence electrons. The normalized spacial score (nSPS) is 11.2. The number of nitrogens with one attached hydrogen (secondary N) is 2. The smallest absolute Gasteiger partial charge is 0.253 e. The van der Waals surface area contributed by atoms with Crippen molar-refractivity contribution in [3.63, 3.8) is 0 Å². The van der Waals surface area contributed by atoms with Gasteiger partial charge in [-0.15, -0.1) is 0 Å². The average Bonchev–Trinajstić information content (AvgIpc) is 3.25. The standard InChI is InChI=1S/C22H24N6O2/c1-14-17(22(30)25-21-20(14)15(2)26-27(21)3)9-10-19(29)24-18-11-12-23-28(18)13-16-7-5-4-6-8-16/h4-8,11-12H,9-10,13H2,1-3H3,(H,24,29)(H,25,30). The lowest BCUT2D eigenvalue weighted by atomic mass is 10.0. The summed E-state index contributed by atoms with van der Waals surface area (Å²) in [5.74, 6) is 0.472. The molecule has 2 N–H and O–H groups in total. The molecule has 0 atom stereocenters. The van der Waals surface area contributed by atoms with Gasteiger partial charge in [0, 0.05) is 30.5 Å². The van der Waals surface area contributed by atoms with E-state index in [4.69, 9.17) is 0 Å². The van der Waals surface area contributed by atoms with Gasteiger partial charge in [0.1, 0.15) is 11.5 Å². The zero-order valence-electron chi connectivity index (χ0n) is 17.3. The molecule has 0 aliphatic carbocycles. The number of nitrogens with zero attached hydrogens (tertiary/aromatic N) is 4. The molecule has 0 bridgehead atoms. The Morgan fingerprint density at radius 2 is 1.93 bits per heavy atom. The minimum atomic E-state index is -0.176. The van der Waals surface area contributed by atoms with Crippen LogP contribution >= 0.6 is 0 Å². The highest BCUT2D eigenvalue weighted by molar-refractivity contribution is 5.90. The zero-order valence-corrected chi connectivity index (χ0v) is 17.3. The van der Waals surface area contributed by atoms with E-state index in [2.05, 4.69) is 20.5 Å². The van der Waals surface area contributed by atoms with Crippen molar-refractivity contribution >= 4 is 22.8 Å². The number of fused-ring (bicyclic) bond motifs is 1. The van der Waals surface area contributed by atoms with Crippen LogP contribution in [-0.4, -0.2) is 30.5 Å². The van der Waals surface area contributed by atoms with Crippen LogP contribution in [0.5, 0.6) is 0 Å². The topological polar surface area (TPSA) is 97.6 Å². The molecule has 0 unspecified atom stereocenters. The molecular formula is C22H24N6O2. The van der Waals surface area contributed by atoms with E-state index in [9.17, 15) is 9.59 Å². The lowest BCUT2D eigenvalue weighted by molar-refractivity contribution is -0.116. The van der Waals surface area contributed by atoms with E-state index in [-0.39, 0.29) is 17.9 Å². The molecule has 0 saturated heterocycles. The second-order valence-corrected chi connectivity index (χ2v) is 7.40. The Morgan fingerprint density at radius 3 is 2.70 bits per heavy atom. The summed E-state index contributed by atoms with van der Waals surface area (Å²) in [4.78, 5) is 28.0. The first-order valence-electron chi connectivity index (χ1n) is 9.84. The monoisotopic (exact) mass is 404 g/mol. The van der Waals surface area contributed by atoms with Crippen molar-refractivity contribution in [1.29, 1.82) is 0 Å². The molecule has 0 aliphatic rings. The van der Waals surface area contributed by atoms with Crippen LogP contribution in [-0.2, 0) is 24.8 Å². The summed E-state index contributed by atoms with van der Waals surface area (Å²) < 4.78 is 3.42. The highest BCUT2D eigenvalue weighted by Gasteiger charge is 2.16. The first-order valence-corrected chi connectivity index (χ1v) is 9.84. The highest BCUT2D eigenvalue weighted by Crippen LogP contribution is 2.21. The van der Waals surface area contributed by atoms with Crippen LogP contribution in [0.3, 0.4) is 0 Å². The number of H-pyrrole nitrogens is 1. The minimum Gasteiger partial charge on any atom is -0.311 e. The van der Waals surface area contributed by atoms with Crippen LogP contribution in [0, 0.1) is 13.8 Å². The number of anilines is 1. The Labute approximate surface area is 173 Å². The van der Waals surface area contributed by atoms with Crippen molar-refractivity contribution in [2.45, 2.75) is 33.2 Å². The van der Waals surface area contributed by atoms with E-state index in [1.807, 2.05) is 44.2 Å². The van der Waals surface area contributed by atoms with Gasteiger partial charge in [0.15, 0.2) is 0 Å². The molecule has 8 nitrogen and oxygen atoms in total. The Kier molecular flexibility index (Phi) is 5.22. The maximum Gasteiger partial charge on any atom is 0.253 e. The second kappa shape index (κ2) is 7.98. The molecular weight excluding hydrogens is 380 g/mol. The second-order valence-electron chi connectivity index (χ2n) is 7.40. The summed E-state index contributed by atoms with van der Waals surface area (Å²) in [6.07, 6.45) is 2.21. The van der Waals surface area contributed by atoms with E-state index < -0.39 is 0 Å². The third-order valence-electron chi connectivity index (χ3n) is 5.32. The summed E-state index contributed by atoms with van der Waals surface area (Å²) >= 11 is 0. The molecule has 4 rings (SSSR count). The van der Waals surface area contributed by atoms with Gasteiger partial charge in [-0.3, -0.25) is 14.3 Å². The van der Waals surface area contributed by atoms with E-state index in [1.54, 1.807) is 28.7 Å². The van der Waals surface area contributed by atoms with Crippen LogP contribution in [0.15, 0.2) is 47.4 Å². The summed E-state index contributed by atoms with van der Waals surface area (Å²) in [5.41, 5.74) is 3.97. The van der Waals surface area contributed by atoms with Gasteiger partial charge in [-0.1, -0.05) is 30.3 Å². The molecule has 0 radical (unpaired) electrons. The largest absolute Gasteiger partial charge is 0.311 e. The fraction of sp³-hybridized carbons (Fsp3) is 0.273. The van der Waals surface area contributed by atoms with Crippen LogP contribution in [0.25, 0.3) is 11.0 Å². The highest BCUT2D eigenvalue weighted by atomic mass is 16.1. The molecule has 4 aromatic rings. The Bertz CT molecular complexity index is 1270. The number of carbonyl (C=O) groups excluding carboxylic acids is 1. The lowest BCUT2D eigenvalue weighted by Gasteiger charge is -2.10. The van der Waals surface area contributed by atoms with Crippen molar-refractivity contribution in [1.82, 2.24) is 24.5 Å². The molecule has 3 heterocycles. The molecule has 8 heteroatoms. The number of hydrogen-bond donors (Lipinski definition) is 2. The average molecular weight is 404 g/mol. The van der Waals surface area contributed by atoms with Crippen LogP contribution < -0.4 is 10.9 Å². The molecule has 0 spiro atoms. The fourth-order valence-corrected chi connectivity index (χ4v) is 3.82. The quantitative estimate of drug-likeness (QED) is 0.516. The van der Waals surface area contributed by atoms with E-state index >= 15 is 0 Å². The number of rotatable bonds is 6. The lowest BCUT2D eigenvalue weighted by Crippen LogP contribution is -2.20. The molecule has 1 amide bonds. The number of aryl methyl sites for hydroxylation is 3. The summed E-state index contributed by atoms with van der Waals surface area (Å²) in [5, 5.41) is 12.5. The first kappa shape index (κ1) is 19.6. The Balaban J connectivity index is 1.47. The summed E-state index contributed by atoms with van der Waals surface area (Å²) in [6, 6.07) is 11.7. The number of amides is 1. The molecule has 0 aliphatic heterocycles. The van der Waals surface area contributed by atoms with E-state index in [1.165, 1.54) is 0 Å². The van der Waals surface area contributed by atoms with Gasteiger partial charge in [-0.2, -0.15) is 10.2 Å². The zero-order chi connectivity index (χ0) is 21.3. The van der Waals surface area contributed by atoms with Gasteiger partial charge < -0.3 is 10.3 Å². The molecule has 0 saturated carbocycles. The van der Waals surface area contributed by atoms with Gasteiger partial charge in [0.05, 0.1) is 18.4 Å².